The second-order valence-electron chi connectivity index (χ2n) is 5.14. The summed E-state index contributed by atoms with van der Waals surface area (Å²) in [5.41, 5.74) is 0. The monoisotopic (exact) mass is 226 g/mol. The summed E-state index contributed by atoms with van der Waals surface area (Å²) in [6.45, 7) is 9.65. The Morgan fingerprint density at radius 3 is 2.75 bits per heavy atom. The first-order valence-electron chi connectivity index (χ1n) is 6.69. The molecule has 0 aromatic carbocycles. The summed E-state index contributed by atoms with van der Waals surface area (Å²) < 4.78 is 0. The average Bonchev–Trinajstić information content (AvgIpc) is 2.33. The maximum Gasteiger partial charge on any atom is 0.0193 e. The van der Waals surface area contributed by atoms with Gasteiger partial charge >= 0.3 is 0 Å². The van der Waals surface area contributed by atoms with Crippen molar-refractivity contribution in [1.82, 2.24) is 20.4 Å². The molecule has 0 bridgehead atoms. The zero-order chi connectivity index (χ0) is 11.2. The van der Waals surface area contributed by atoms with E-state index in [-0.39, 0.29) is 0 Å². The van der Waals surface area contributed by atoms with Crippen molar-refractivity contribution in [1.29, 1.82) is 0 Å². The molecule has 16 heavy (non-hydrogen) atoms. The minimum atomic E-state index is 0.709. The molecule has 4 nitrogen and oxygen atoms in total. The van der Waals surface area contributed by atoms with Gasteiger partial charge in [0, 0.05) is 51.9 Å². The maximum absolute atomic E-state index is 3.66. The maximum atomic E-state index is 3.66. The van der Waals surface area contributed by atoms with E-state index in [1.54, 1.807) is 0 Å². The number of piperazine rings is 1. The minimum Gasteiger partial charge on any atom is -0.315 e. The van der Waals surface area contributed by atoms with E-state index in [1.165, 1.54) is 52.1 Å². The van der Waals surface area contributed by atoms with Gasteiger partial charge in [0.2, 0.25) is 0 Å². The Hall–Kier alpha value is -0.160. The zero-order valence-corrected chi connectivity index (χ0v) is 10.5. The SMILES string of the molecule is CN1CCN(CCNC2CCCNC2)CC1. The van der Waals surface area contributed by atoms with Crippen molar-refractivity contribution >= 4 is 0 Å². The van der Waals surface area contributed by atoms with Gasteiger partial charge in [0.1, 0.15) is 0 Å². The molecule has 2 aliphatic heterocycles. The fraction of sp³-hybridized carbons (Fsp3) is 1.00. The molecule has 2 rings (SSSR count). The van der Waals surface area contributed by atoms with Gasteiger partial charge in [0.05, 0.1) is 0 Å². The average molecular weight is 226 g/mol. The molecule has 1 unspecified atom stereocenters. The molecule has 0 radical (unpaired) electrons. The molecule has 0 saturated carbocycles. The van der Waals surface area contributed by atoms with Crippen LogP contribution in [0.4, 0.5) is 0 Å². The van der Waals surface area contributed by atoms with Gasteiger partial charge in [0.15, 0.2) is 0 Å². The fourth-order valence-corrected chi connectivity index (χ4v) is 2.52. The molecule has 0 amide bonds. The van der Waals surface area contributed by atoms with E-state index in [0.717, 1.165) is 13.1 Å². The van der Waals surface area contributed by atoms with Gasteiger partial charge in [-0.1, -0.05) is 0 Å². The van der Waals surface area contributed by atoms with Gasteiger partial charge < -0.3 is 15.5 Å². The first-order chi connectivity index (χ1) is 7.84. The number of likely N-dealkylation sites (N-methyl/N-ethyl adjacent to an activating group) is 1. The Labute approximate surface area is 99.4 Å². The molecule has 0 aliphatic carbocycles. The van der Waals surface area contributed by atoms with Crippen LogP contribution in [0.15, 0.2) is 0 Å². The molecular weight excluding hydrogens is 200 g/mol. The topological polar surface area (TPSA) is 30.5 Å². The van der Waals surface area contributed by atoms with E-state index in [9.17, 15) is 0 Å². The molecule has 2 N–H and O–H groups in total. The Morgan fingerprint density at radius 2 is 2.06 bits per heavy atom. The Morgan fingerprint density at radius 1 is 1.25 bits per heavy atom. The third-order valence-corrected chi connectivity index (χ3v) is 3.75. The van der Waals surface area contributed by atoms with Crippen LogP contribution >= 0.6 is 0 Å². The Bertz CT molecular complexity index is 183. The molecule has 2 saturated heterocycles. The van der Waals surface area contributed by atoms with Crippen molar-refractivity contribution in [3.05, 3.63) is 0 Å². The predicted molar refractivity (Wildman–Crippen MR) is 67.8 cm³/mol. The lowest BCUT2D eigenvalue weighted by Gasteiger charge is -2.33. The number of hydrogen-bond acceptors (Lipinski definition) is 4. The molecule has 0 spiro atoms. The number of nitrogens with zero attached hydrogens (tertiary/aromatic N) is 2. The summed E-state index contributed by atoms with van der Waals surface area (Å²) in [4.78, 5) is 4.98. The second kappa shape index (κ2) is 6.55. The Kier molecular flexibility index (Phi) is 5.03. The smallest absolute Gasteiger partial charge is 0.0193 e. The van der Waals surface area contributed by atoms with E-state index < -0.39 is 0 Å². The van der Waals surface area contributed by atoms with Gasteiger partial charge in [-0.25, -0.2) is 0 Å². The highest BCUT2D eigenvalue weighted by molar-refractivity contribution is 4.76. The van der Waals surface area contributed by atoms with E-state index in [0.29, 0.717) is 6.04 Å². The van der Waals surface area contributed by atoms with Crippen LogP contribution in [-0.4, -0.2) is 75.2 Å². The van der Waals surface area contributed by atoms with Gasteiger partial charge in [-0.3, -0.25) is 4.90 Å². The standard InChI is InChI=1S/C12H26N4/c1-15-7-9-16(10-8-15)6-5-14-12-3-2-4-13-11-12/h12-14H,2-11H2,1H3. The molecule has 2 fully saturated rings. The van der Waals surface area contributed by atoms with E-state index in [4.69, 9.17) is 0 Å². The summed E-state index contributed by atoms with van der Waals surface area (Å²) in [6, 6.07) is 0.709. The highest BCUT2D eigenvalue weighted by atomic mass is 15.2. The first kappa shape index (κ1) is 12.3. The number of rotatable bonds is 4. The summed E-state index contributed by atoms with van der Waals surface area (Å²) in [6.07, 6.45) is 2.67. The molecule has 4 heteroatoms. The van der Waals surface area contributed by atoms with Crippen molar-refractivity contribution in [3.63, 3.8) is 0 Å². The molecule has 2 heterocycles. The first-order valence-corrected chi connectivity index (χ1v) is 6.69. The lowest BCUT2D eigenvalue weighted by atomic mass is 10.1. The van der Waals surface area contributed by atoms with Crippen molar-refractivity contribution < 1.29 is 0 Å². The van der Waals surface area contributed by atoms with Gasteiger partial charge in [-0.05, 0) is 26.4 Å². The summed E-state index contributed by atoms with van der Waals surface area (Å²) in [7, 11) is 2.21. The van der Waals surface area contributed by atoms with Crippen molar-refractivity contribution in [2.45, 2.75) is 18.9 Å². The van der Waals surface area contributed by atoms with Gasteiger partial charge in [-0.2, -0.15) is 0 Å². The fourth-order valence-electron chi connectivity index (χ4n) is 2.52. The van der Waals surface area contributed by atoms with Crippen LogP contribution in [0.5, 0.6) is 0 Å². The summed E-state index contributed by atoms with van der Waals surface area (Å²) in [5, 5.41) is 7.11. The molecule has 2 aliphatic rings. The highest BCUT2D eigenvalue weighted by Crippen LogP contribution is 2.01. The molecular formula is C12H26N4. The van der Waals surface area contributed by atoms with Crippen LogP contribution in [0, 0.1) is 0 Å². The number of hydrogen-bond donors (Lipinski definition) is 2. The number of piperidine rings is 1. The quantitative estimate of drug-likeness (QED) is 0.681. The minimum absolute atomic E-state index is 0.709. The second-order valence-corrected chi connectivity index (χ2v) is 5.14. The van der Waals surface area contributed by atoms with Crippen LogP contribution < -0.4 is 10.6 Å². The summed E-state index contributed by atoms with van der Waals surface area (Å²) in [5.74, 6) is 0. The Balaban J connectivity index is 1.53. The van der Waals surface area contributed by atoms with Crippen LogP contribution in [-0.2, 0) is 0 Å². The van der Waals surface area contributed by atoms with Crippen LogP contribution in [0.3, 0.4) is 0 Å². The normalized spacial score (nSPS) is 29.4. The molecule has 0 aromatic rings. The van der Waals surface area contributed by atoms with Crippen LogP contribution in [0.1, 0.15) is 12.8 Å². The lowest BCUT2D eigenvalue weighted by molar-refractivity contribution is 0.153. The van der Waals surface area contributed by atoms with E-state index in [1.807, 2.05) is 0 Å². The molecule has 1 atom stereocenters. The van der Waals surface area contributed by atoms with Crippen LogP contribution in [0.2, 0.25) is 0 Å². The largest absolute Gasteiger partial charge is 0.315 e. The third-order valence-electron chi connectivity index (χ3n) is 3.75. The summed E-state index contributed by atoms with van der Waals surface area (Å²) >= 11 is 0. The van der Waals surface area contributed by atoms with Gasteiger partial charge in [-0.15, -0.1) is 0 Å². The predicted octanol–water partition coefficient (Wildman–Crippen LogP) is -0.425. The van der Waals surface area contributed by atoms with E-state index >= 15 is 0 Å². The zero-order valence-electron chi connectivity index (χ0n) is 10.5. The number of nitrogens with one attached hydrogen (secondary N) is 2. The van der Waals surface area contributed by atoms with Crippen molar-refractivity contribution in [2.75, 3.05) is 59.4 Å². The third kappa shape index (κ3) is 4.01. The highest BCUT2D eigenvalue weighted by Gasteiger charge is 2.15. The molecule has 0 aromatic heterocycles. The molecule has 94 valence electrons. The van der Waals surface area contributed by atoms with E-state index in [2.05, 4.69) is 27.5 Å². The van der Waals surface area contributed by atoms with Crippen molar-refractivity contribution in [2.24, 2.45) is 0 Å². The van der Waals surface area contributed by atoms with Crippen LogP contribution in [0.25, 0.3) is 0 Å². The lowest BCUT2D eigenvalue weighted by Crippen LogP contribution is -2.49. The van der Waals surface area contributed by atoms with Crippen molar-refractivity contribution in [3.8, 4) is 0 Å². The van der Waals surface area contributed by atoms with Gasteiger partial charge in [0.25, 0.3) is 0 Å².